The first kappa shape index (κ1) is 32.2. The molecule has 0 aromatic heterocycles. The number of aliphatic hydroxyl groups is 1. The van der Waals surface area contributed by atoms with Crippen molar-refractivity contribution in [3.63, 3.8) is 0 Å². The minimum absolute atomic E-state index is 0.00115. The lowest BCUT2D eigenvalue weighted by Crippen LogP contribution is -2.52. The van der Waals surface area contributed by atoms with Crippen molar-refractivity contribution in [2.45, 2.75) is 62.7 Å². The quantitative estimate of drug-likeness (QED) is 0.297. The molecular formula is C30H43N3O8S. The monoisotopic (exact) mass is 605 g/mol. The van der Waals surface area contributed by atoms with Crippen molar-refractivity contribution in [1.29, 1.82) is 0 Å². The van der Waals surface area contributed by atoms with Gasteiger partial charge in [-0.25, -0.2) is 13.2 Å². The van der Waals surface area contributed by atoms with Crippen LogP contribution in [-0.4, -0.2) is 94.5 Å². The molecule has 0 saturated carbocycles. The molecule has 4 rings (SSSR count). The summed E-state index contributed by atoms with van der Waals surface area (Å²) in [6.45, 7) is 7.19. The molecule has 2 aliphatic heterocycles. The number of fused-ring (bicyclic) bond motifs is 1. The number of hydrogen-bond acceptors (Lipinski definition) is 9. The number of nitrogens with one attached hydrogen (secondary N) is 2. The number of benzene rings is 2. The molecule has 2 heterocycles. The number of ether oxygens (including phenoxy) is 4. The maximum absolute atomic E-state index is 13.7. The van der Waals surface area contributed by atoms with E-state index in [9.17, 15) is 18.3 Å². The highest BCUT2D eigenvalue weighted by Crippen LogP contribution is 2.33. The van der Waals surface area contributed by atoms with Gasteiger partial charge in [-0.15, -0.1) is 0 Å². The number of hydrogen-bond donors (Lipinski definition) is 3. The molecule has 42 heavy (non-hydrogen) atoms. The third-order valence-corrected chi connectivity index (χ3v) is 9.37. The summed E-state index contributed by atoms with van der Waals surface area (Å²) >= 11 is 0. The second kappa shape index (κ2) is 14.6. The molecule has 12 heteroatoms. The predicted octanol–water partition coefficient (Wildman–Crippen LogP) is 2.39. The number of sulfonamides is 1. The Hall–Kier alpha value is -2.74. The summed E-state index contributed by atoms with van der Waals surface area (Å²) in [5.41, 5.74) is 0.871. The van der Waals surface area contributed by atoms with Crippen LogP contribution in [0, 0.1) is 11.8 Å². The number of carbonyl (C=O) groups is 1. The van der Waals surface area contributed by atoms with E-state index in [2.05, 4.69) is 10.6 Å². The molecule has 2 fully saturated rings. The van der Waals surface area contributed by atoms with Crippen LogP contribution < -0.4 is 15.4 Å². The first-order valence-corrected chi connectivity index (χ1v) is 15.9. The van der Waals surface area contributed by atoms with Crippen LogP contribution in [-0.2, 0) is 30.7 Å². The van der Waals surface area contributed by atoms with Crippen molar-refractivity contribution >= 4 is 16.1 Å². The fraction of sp³-hybridized carbons (Fsp3) is 0.567. The van der Waals surface area contributed by atoms with Gasteiger partial charge in [0.1, 0.15) is 11.9 Å². The summed E-state index contributed by atoms with van der Waals surface area (Å²) in [7, 11) is -2.44. The SMILES string of the molecule is CCN[C@H]1CO[C@@H]2OC[C@H](OC(=O)N[C@@H](Cc3ccccc3)[C@H](O)CN(CC(C)C)S(=O)(=O)c3ccc(OC)cc3)[C@@H]21. The summed E-state index contributed by atoms with van der Waals surface area (Å²) in [6, 6.07) is 14.7. The van der Waals surface area contributed by atoms with Gasteiger partial charge < -0.3 is 34.7 Å². The average molecular weight is 606 g/mol. The van der Waals surface area contributed by atoms with Gasteiger partial charge in [-0.05, 0) is 48.7 Å². The highest BCUT2D eigenvalue weighted by atomic mass is 32.2. The normalized spacial score (nSPS) is 23.5. The van der Waals surface area contributed by atoms with E-state index in [0.717, 1.165) is 12.1 Å². The Morgan fingerprint density at radius 3 is 2.40 bits per heavy atom. The Morgan fingerprint density at radius 1 is 1.07 bits per heavy atom. The number of likely N-dealkylation sites (N-methyl/N-ethyl adjacent to an activating group) is 1. The van der Waals surface area contributed by atoms with Gasteiger partial charge >= 0.3 is 6.09 Å². The van der Waals surface area contributed by atoms with Gasteiger partial charge in [-0.3, -0.25) is 0 Å². The Bertz CT molecular complexity index is 1240. The Balaban J connectivity index is 1.51. The molecule has 0 radical (unpaired) electrons. The van der Waals surface area contributed by atoms with Crippen molar-refractivity contribution in [2.75, 3.05) is 40.0 Å². The van der Waals surface area contributed by atoms with Crippen LogP contribution in [0.3, 0.4) is 0 Å². The molecule has 1 amide bonds. The zero-order chi connectivity index (χ0) is 30.3. The Kier molecular flexibility index (Phi) is 11.2. The molecule has 2 saturated heterocycles. The molecule has 6 atom stereocenters. The molecular weight excluding hydrogens is 562 g/mol. The smallest absolute Gasteiger partial charge is 0.407 e. The molecule has 0 bridgehead atoms. The average Bonchev–Trinajstić information content (AvgIpc) is 3.56. The van der Waals surface area contributed by atoms with Gasteiger partial charge in [0.15, 0.2) is 6.29 Å². The largest absolute Gasteiger partial charge is 0.497 e. The summed E-state index contributed by atoms with van der Waals surface area (Å²) in [4.78, 5) is 13.3. The third-order valence-electron chi connectivity index (χ3n) is 7.52. The molecule has 232 valence electrons. The molecule has 0 unspecified atom stereocenters. The number of aliphatic hydroxyl groups excluding tert-OH is 1. The lowest BCUT2D eigenvalue weighted by molar-refractivity contribution is -0.0908. The van der Waals surface area contributed by atoms with Crippen LogP contribution in [0.4, 0.5) is 4.79 Å². The highest BCUT2D eigenvalue weighted by molar-refractivity contribution is 7.89. The predicted molar refractivity (Wildman–Crippen MR) is 157 cm³/mol. The number of methoxy groups -OCH3 is 1. The van der Waals surface area contributed by atoms with Gasteiger partial charge in [-0.1, -0.05) is 51.1 Å². The van der Waals surface area contributed by atoms with E-state index in [1.807, 2.05) is 51.1 Å². The van der Waals surface area contributed by atoms with Crippen molar-refractivity contribution in [1.82, 2.24) is 14.9 Å². The summed E-state index contributed by atoms with van der Waals surface area (Å²) in [5.74, 6) is 0.378. The highest BCUT2D eigenvalue weighted by Gasteiger charge is 2.49. The van der Waals surface area contributed by atoms with Gasteiger partial charge in [0.05, 0.1) is 43.3 Å². The molecule has 0 aliphatic carbocycles. The van der Waals surface area contributed by atoms with E-state index in [-0.39, 0.29) is 48.9 Å². The van der Waals surface area contributed by atoms with E-state index < -0.39 is 40.7 Å². The third kappa shape index (κ3) is 8.00. The van der Waals surface area contributed by atoms with Gasteiger partial charge in [-0.2, -0.15) is 4.31 Å². The fourth-order valence-electron chi connectivity index (χ4n) is 5.46. The van der Waals surface area contributed by atoms with Gasteiger partial charge in [0.2, 0.25) is 10.0 Å². The summed E-state index contributed by atoms with van der Waals surface area (Å²) < 4.78 is 50.9. The van der Waals surface area contributed by atoms with E-state index in [0.29, 0.717) is 12.4 Å². The van der Waals surface area contributed by atoms with Crippen LogP contribution in [0.1, 0.15) is 26.3 Å². The molecule has 0 spiro atoms. The maximum atomic E-state index is 13.7. The maximum Gasteiger partial charge on any atom is 0.407 e. The first-order chi connectivity index (χ1) is 20.1. The van der Waals surface area contributed by atoms with Crippen LogP contribution >= 0.6 is 0 Å². The first-order valence-electron chi connectivity index (χ1n) is 14.4. The van der Waals surface area contributed by atoms with Crippen molar-refractivity contribution < 1.29 is 37.3 Å². The Labute approximate surface area is 248 Å². The van der Waals surface area contributed by atoms with Crippen molar-refractivity contribution in [3.05, 3.63) is 60.2 Å². The molecule has 2 aliphatic rings. The molecule has 3 N–H and O–H groups in total. The molecule has 2 aromatic carbocycles. The zero-order valence-electron chi connectivity index (χ0n) is 24.6. The second-order valence-electron chi connectivity index (χ2n) is 11.1. The fourth-order valence-corrected chi connectivity index (χ4v) is 7.08. The Morgan fingerprint density at radius 2 is 1.76 bits per heavy atom. The van der Waals surface area contributed by atoms with E-state index in [1.165, 1.54) is 23.5 Å². The van der Waals surface area contributed by atoms with Crippen molar-refractivity contribution in [3.8, 4) is 5.75 Å². The van der Waals surface area contributed by atoms with Crippen LogP contribution in [0.15, 0.2) is 59.5 Å². The van der Waals surface area contributed by atoms with Gasteiger partial charge in [0.25, 0.3) is 0 Å². The number of amides is 1. The standard InChI is InChI=1S/C30H43N3O8S/c1-5-31-25-18-39-29-28(25)27(19-40-29)41-30(35)32-24(15-21-9-7-6-8-10-21)26(34)17-33(16-20(2)3)42(36,37)23-13-11-22(38-4)12-14-23/h6-14,20,24-29,31,34H,5,15-19H2,1-4H3,(H,32,35)/t24-,25-,26+,27-,28-,29+/m0/s1. The van der Waals surface area contributed by atoms with Crippen LogP contribution in [0.2, 0.25) is 0 Å². The number of nitrogens with zero attached hydrogens (tertiary/aromatic N) is 1. The van der Waals surface area contributed by atoms with Crippen molar-refractivity contribution in [2.24, 2.45) is 11.8 Å². The number of alkyl carbamates (subject to hydrolysis) is 1. The molecule has 2 aromatic rings. The second-order valence-corrected chi connectivity index (χ2v) is 13.1. The summed E-state index contributed by atoms with van der Waals surface area (Å²) in [6.07, 6.45) is -2.64. The molecule has 11 nitrogen and oxygen atoms in total. The van der Waals surface area contributed by atoms with Crippen LogP contribution in [0.25, 0.3) is 0 Å². The van der Waals surface area contributed by atoms with Crippen LogP contribution in [0.5, 0.6) is 5.75 Å². The summed E-state index contributed by atoms with van der Waals surface area (Å²) in [5, 5.41) is 17.6. The minimum Gasteiger partial charge on any atom is -0.497 e. The number of rotatable bonds is 14. The van der Waals surface area contributed by atoms with E-state index in [1.54, 1.807) is 12.1 Å². The van der Waals surface area contributed by atoms with E-state index >= 15 is 0 Å². The van der Waals surface area contributed by atoms with Gasteiger partial charge in [0, 0.05) is 19.1 Å². The lowest BCUT2D eigenvalue weighted by atomic mass is 9.98. The lowest BCUT2D eigenvalue weighted by Gasteiger charge is -2.31. The van der Waals surface area contributed by atoms with E-state index in [4.69, 9.17) is 18.9 Å². The number of carbonyl (C=O) groups excluding carboxylic acids is 1. The topological polar surface area (TPSA) is 136 Å². The minimum atomic E-state index is -3.95. The zero-order valence-corrected chi connectivity index (χ0v) is 25.5.